The Hall–Kier alpha value is -3.45. The van der Waals surface area contributed by atoms with Crippen molar-refractivity contribution in [2.45, 2.75) is 13.0 Å². The van der Waals surface area contributed by atoms with Crippen LogP contribution in [0.25, 0.3) is 10.8 Å². The highest BCUT2D eigenvalue weighted by molar-refractivity contribution is 5.94. The largest absolute Gasteiger partial charge is 0.495 e. The highest BCUT2D eigenvalue weighted by Gasteiger charge is 2.15. The lowest BCUT2D eigenvalue weighted by atomic mass is 10.00. The summed E-state index contributed by atoms with van der Waals surface area (Å²) in [4.78, 5) is 22.8. The number of carbonyl (C=O) groups excluding carboxylic acids is 1. The highest BCUT2D eigenvalue weighted by Crippen LogP contribution is 2.29. The van der Waals surface area contributed by atoms with Crippen LogP contribution in [-0.4, -0.2) is 24.5 Å². The normalized spacial score (nSPS) is 11.8. The third-order valence-corrected chi connectivity index (χ3v) is 4.53. The van der Waals surface area contributed by atoms with Crippen LogP contribution in [0.15, 0.2) is 60.7 Å². The van der Waals surface area contributed by atoms with E-state index in [1.54, 1.807) is 0 Å². The Kier molecular flexibility index (Phi) is 5.86. The molecule has 28 heavy (non-hydrogen) atoms. The molecule has 7 heteroatoms. The molecule has 1 amide bonds. The van der Waals surface area contributed by atoms with Crippen LogP contribution >= 0.6 is 0 Å². The van der Waals surface area contributed by atoms with Crippen LogP contribution in [0.5, 0.6) is 5.75 Å². The van der Waals surface area contributed by atoms with Crippen molar-refractivity contribution >= 4 is 28.1 Å². The monoisotopic (exact) mass is 379 g/mol. The van der Waals surface area contributed by atoms with Gasteiger partial charge in [0.15, 0.2) is 0 Å². The molecular weight excluding hydrogens is 358 g/mol. The van der Waals surface area contributed by atoms with Crippen molar-refractivity contribution in [3.8, 4) is 5.75 Å². The van der Waals surface area contributed by atoms with Gasteiger partial charge in [0.1, 0.15) is 5.75 Å². The van der Waals surface area contributed by atoms with Gasteiger partial charge in [0.2, 0.25) is 5.91 Å². The predicted octanol–water partition coefficient (Wildman–Crippen LogP) is 4.05. The molecule has 0 radical (unpaired) electrons. The quantitative estimate of drug-likeness (QED) is 0.477. The summed E-state index contributed by atoms with van der Waals surface area (Å²) in [5.41, 5.74) is 1.24. The van der Waals surface area contributed by atoms with Gasteiger partial charge in [0, 0.05) is 18.2 Å². The first-order chi connectivity index (χ1) is 13.5. The lowest BCUT2D eigenvalue weighted by molar-refractivity contribution is -0.384. The molecule has 0 unspecified atom stereocenters. The number of methoxy groups -OCH3 is 1. The molecule has 3 aromatic rings. The smallest absolute Gasteiger partial charge is 0.271 e. The maximum absolute atomic E-state index is 12.4. The number of fused-ring (bicyclic) bond motifs is 1. The summed E-state index contributed by atoms with van der Waals surface area (Å²) in [6.07, 6.45) is 0. The fourth-order valence-electron chi connectivity index (χ4n) is 3.09. The Balaban J connectivity index is 1.69. The SMILES string of the molecule is COc1ccc([N+](=O)[O-])cc1NC(=O)CN[C@@H](C)c1cccc2ccccc12. The molecule has 1 atom stereocenters. The summed E-state index contributed by atoms with van der Waals surface area (Å²) >= 11 is 0. The van der Waals surface area contributed by atoms with E-state index in [4.69, 9.17) is 4.74 Å². The van der Waals surface area contributed by atoms with Gasteiger partial charge in [-0.15, -0.1) is 0 Å². The van der Waals surface area contributed by atoms with E-state index < -0.39 is 4.92 Å². The van der Waals surface area contributed by atoms with Crippen LogP contribution in [0.2, 0.25) is 0 Å². The average Bonchev–Trinajstić information content (AvgIpc) is 2.71. The number of hydrogen-bond donors (Lipinski definition) is 2. The molecule has 0 aromatic heterocycles. The summed E-state index contributed by atoms with van der Waals surface area (Å²) in [5, 5.41) is 19.1. The van der Waals surface area contributed by atoms with Gasteiger partial charge in [0.25, 0.3) is 5.69 Å². The second-order valence-corrected chi connectivity index (χ2v) is 6.36. The van der Waals surface area contributed by atoms with Gasteiger partial charge in [-0.05, 0) is 29.3 Å². The van der Waals surface area contributed by atoms with Gasteiger partial charge in [-0.25, -0.2) is 0 Å². The Morgan fingerprint density at radius 1 is 1.14 bits per heavy atom. The Morgan fingerprint density at radius 2 is 1.89 bits per heavy atom. The first-order valence-corrected chi connectivity index (χ1v) is 8.83. The molecule has 3 aromatic carbocycles. The van der Waals surface area contributed by atoms with Gasteiger partial charge in [-0.1, -0.05) is 42.5 Å². The van der Waals surface area contributed by atoms with Crippen molar-refractivity contribution in [3.63, 3.8) is 0 Å². The maximum atomic E-state index is 12.4. The first-order valence-electron chi connectivity index (χ1n) is 8.83. The first kappa shape index (κ1) is 19.3. The number of nitrogens with one attached hydrogen (secondary N) is 2. The number of non-ortho nitro benzene ring substituents is 1. The van der Waals surface area contributed by atoms with Crippen LogP contribution < -0.4 is 15.4 Å². The van der Waals surface area contributed by atoms with Crippen molar-refractivity contribution in [1.29, 1.82) is 0 Å². The number of carbonyl (C=O) groups is 1. The van der Waals surface area contributed by atoms with Crippen LogP contribution in [0, 0.1) is 10.1 Å². The summed E-state index contributed by atoms with van der Waals surface area (Å²) in [6.45, 7) is 2.04. The van der Waals surface area contributed by atoms with Crippen LogP contribution in [0.4, 0.5) is 11.4 Å². The van der Waals surface area contributed by atoms with Crippen molar-refractivity contribution in [1.82, 2.24) is 5.32 Å². The molecule has 7 nitrogen and oxygen atoms in total. The molecule has 0 aliphatic heterocycles. The number of nitrogens with zero attached hydrogens (tertiary/aromatic N) is 1. The summed E-state index contributed by atoms with van der Waals surface area (Å²) in [6, 6.07) is 18.2. The number of rotatable bonds is 7. The molecule has 0 saturated heterocycles. The van der Waals surface area contributed by atoms with E-state index in [1.807, 2.05) is 43.3 Å². The minimum Gasteiger partial charge on any atom is -0.495 e. The van der Waals surface area contributed by atoms with Gasteiger partial charge >= 0.3 is 0 Å². The van der Waals surface area contributed by atoms with Crippen LogP contribution in [0.3, 0.4) is 0 Å². The van der Waals surface area contributed by atoms with E-state index in [2.05, 4.69) is 16.7 Å². The van der Waals surface area contributed by atoms with Crippen molar-refractivity contribution < 1.29 is 14.5 Å². The minimum atomic E-state index is -0.518. The van der Waals surface area contributed by atoms with Gasteiger partial charge in [-0.2, -0.15) is 0 Å². The number of hydrogen-bond acceptors (Lipinski definition) is 5. The minimum absolute atomic E-state index is 0.0518. The van der Waals surface area contributed by atoms with E-state index in [0.717, 1.165) is 16.3 Å². The van der Waals surface area contributed by atoms with Gasteiger partial charge in [0.05, 0.1) is 24.3 Å². The standard InChI is InChI=1S/C21H21N3O4/c1-14(17-9-5-7-15-6-3-4-8-18(15)17)22-13-21(25)23-19-12-16(24(26)27)10-11-20(19)28-2/h3-12,14,22H,13H2,1-2H3,(H,23,25)/t14-/m0/s1. The number of nitro groups is 1. The van der Waals surface area contributed by atoms with E-state index in [0.29, 0.717) is 5.75 Å². The third-order valence-electron chi connectivity index (χ3n) is 4.53. The molecule has 0 bridgehead atoms. The Labute approximate surface area is 162 Å². The fourth-order valence-corrected chi connectivity index (χ4v) is 3.09. The third kappa shape index (κ3) is 4.27. The summed E-state index contributed by atoms with van der Waals surface area (Å²) in [5.74, 6) is 0.0481. The zero-order valence-electron chi connectivity index (χ0n) is 15.6. The predicted molar refractivity (Wildman–Crippen MR) is 109 cm³/mol. The summed E-state index contributed by atoms with van der Waals surface area (Å²) < 4.78 is 5.17. The molecule has 144 valence electrons. The lowest BCUT2D eigenvalue weighted by Crippen LogP contribution is -2.30. The molecule has 3 rings (SSSR count). The molecule has 0 aliphatic carbocycles. The highest BCUT2D eigenvalue weighted by atomic mass is 16.6. The van der Waals surface area contributed by atoms with Crippen molar-refractivity contribution in [3.05, 3.63) is 76.3 Å². The van der Waals surface area contributed by atoms with Crippen LogP contribution in [-0.2, 0) is 4.79 Å². The second kappa shape index (κ2) is 8.49. The molecule has 2 N–H and O–H groups in total. The Bertz CT molecular complexity index is 1010. The molecule has 0 heterocycles. The molecule has 0 saturated carbocycles. The summed E-state index contributed by atoms with van der Waals surface area (Å²) in [7, 11) is 1.44. The zero-order chi connectivity index (χ0) is 20.1. The number of amides is 1. The molecule has 0 fully saturated rings. The lowest BCUT2D eigenvalue weighted by Gasteiger charge is -2.17. The number of nitro benzene ring substituents is 1. The van der Waals surface area contributed by atoms with E-state index in [-0.39, 0.29) is 29.9 Å². The molecular formula is C21H21N3O4. The van der Waals surface area contributed by atoms with E-state index in [9.17, 15) is 14.9 Å². The van der Waals surface area contributed by atoms with Crippen molar-refractivity contribution in [2.24, 2.45) is 0 Å². The zero-order valence-corrected chi connectivity index (χ0v) is 15.6. The number of ether oxygens (including phenoxy) is 1. The van der Waals surface area contributed by atoms with E-state index in [1.165, 1.54) is 25.3 Å². The maximum Gasteiger partial charge on any atom is 0.271 e. The van der Waals surface area contributed by atoms with Gasteiger partial charge in [-0.3, -0.25) is 14.9 Å². The topological polar surface area (TPSA) is 93.5 Å². The fraction of sp³-hybridized carbons (Fsp3) is 0.190. The van der Waals surface area contributed by atoms with E-state index >= 15 is 0 Å². The number of benzene rings is 3. The van der Waals surface area contributed by atoms with Crippen LogP contribution in [0.1, 0.15) is 18.5 Å². The average molecular weight is 379 g/mol. The Morgan fingerprint density at radius 3 is 2.64 bits per heavy atom. The van der Waals surface area contributed by atoms with Crippen molar-refractivity contribution in [2.75, 3.05) is 19.0 Å². The number of anilines is 1. The molecule has 0 aliphatic rings. The van der Waals surface area contributed by atoms with Gasteiger partial charge < -0.3 is 15.4 Å². The molecule has 0 spiro atoms. The second-order valence-electron chi connectivity index (χ2n) is 6.36.